The van der Waals surface area contributed by atoms with Gasteiger partial charge in [0.05, 0.1) is 26.4 Å². The molecule has 0 aromatic carbocycles. The summed E-state index contributed by atoms with van der Waals surface area (Å²) in [4.78, 5) is 72.9. The van der Waals surface area contributed by atoms with Gasteiger partial charge in [-0.2, -0.15) is 0 Å². The highest BCUT2D eigenvalue weighted by molar-refractivity contribution is 7.47. The van der Waals surface area contributed by atoms with Crippen molar-refractivity contribution in [2.75, 3.05) is 39.6 Å². The second-order valence-electron chi connectivity index (χ2n) is 29.1. The number of phosphoric acid groups is 2. The van der Waals surface area contributed by atoms with Crippen molar-refractivity contribution in [2.24, 2.45) is 17.8 Å². The third-order valence-electron chi connectivity index (χ3n) is 18.9. The van der Waals surface area contributed by atoms with Gasteiger partial charge in [0.25, 0.3) is 0 Å². The van der Waals surface area contributed by atoms with Crippen LogP contribution >= 0.6 is 15.6 Å². The zero-order chi connectivity index (χ0) is 71.6. The van der Waals surface area contributed by atoms with E-state index in [0.717, 1.165) is 108 Å². The van der Waals surface area contributed by atoms with E-state index >= 15 is 0 Å². The van der Waals surface area contributed by atoms with Crippen molar-refractivity contribution in [3.05, 3.63) is 0 Å². The van der Waals surface area contributed by atoms with Crippen LogP contribution in [0, 0.1) is 17.8 Å². The van der Waals surface area contributed by atoms with Gasteiger partial charge in [-0.1, -0.05) is 350 Å². The maximum atomic E-state index is 13.1. The number of aliphatic hydroxyl groups is 1. The van der Waals surface area contributed by atoms with Crippen molar-refractivity contribution in [1.82, 2.24) is 0 Å². The summed E-state index contributed by atoms with van der Waals surface area (Å²) in [5.74, 6) is 0.286. The summed E-state index contributed by atoms with van der Waals surface area (Å²) in [5.41, 5.74) is 0. The van der Waals surface area contributed by atoms with Crippen LogP contribution < -0.4 is 0 Å². The van der Waals surface area contributed by atoms with Gasteiger partial charge in [0.1, 0.15) is 19.3 Å². The quantitative estimate of drug-likeness (QED) is 0.0222. The Morgan fingerprint density at radius 1 is 0.299 bits per heavy atom. The first kappa shape index (κ1) is 95.1. The molecule has 0 spiro atoms. The minimum Gasteiger partial charge on any atom is -0.462 e. The van der Waals surface area contributed by atoms with E-state index in [9.17, 15) is 43.2 Å². The van der Waals surface area contributed by atoms with Crippen LogP contribution in [0.4, 0.5) is 0 Å². The average Bonchev–Trinajstić information content (AvgIpc) is 2.22. The number of hydrogen-bond acceptors (Lipinski definition) is 15. The molecule has 0 rings (SSSR count). The molecule has 0 radical (unpaired) electrons. The number of carbonyl (C=O) groups excluding carboxylic acids is 4. The van der Waals surface area contributed by atoms with E-state index in [-0.39, 0.29) is 25.7 Å². The third kappa shape index (κ3) is 69.5. The second kappa shape index (κ2) is 68.5. The number of esters is 4. The average molecular weight is 1420 g/mol. The highest BCUT2D eigenvalue weighted by Crippen LogP contribution is 2.45. The fourth-order valence-electron chi connectivity index (χ4n) is 11.9. The minimum atomic E-state index is -4.96. The highest BCUT2D eigenvalue weighted by atomic mass is 31.2. The maximum Gasteiger partial charge on any atom is 0.472 e. The van der Waals surface area contributed by atoms with E-state index in [1.165, 1.54) is 205 Å². The zero-order valence-electron chi connectivity index (χ0n) is 63.5. The molecule has 0 heterocycles. The molecule has 4 unspecified atom stereocenters. The second-order valence-corrected chi connectivity index (χ2v) is 32.0. The molecule has 17 nitrogen and oxygen atoms in total. The molecular weight excluding hydrogens is 1270 g/mol. The summed E-state index contributed by atoms with van der Waals surface area (Å²) in [5, 5.41) is 10.6. The van der Waals surface area contributed by atoms with Crippen LogP contribution in [0.1, 0.15) is 402 Å². The Hall–Kier alpha value is -1.94. The highest BCUT2D eigenvalue weighted by Gasteiger charge is 2.30. The predicted molar refractivity (Wildman–Crippen MR) is 395 cm³/mol. The molecule has 0 aromatic heterocycles. The lowest BCUT2D eigenvalue weighted by Gasteiger charge is -2.21. The van der Waals surface area contributed by atoms with Crippen molar-refractivity contribution in [1.29, 1.82) is 0 Å². The minimum absolute atomic E-state index is 0.106. The molecule has 0 saturated carbocycles. The van der Waals surface area contributed by atoms with Crippen molar-refractivity contribution >= 4 is 39.5 Å². The number of unbranched alkanes of at least 4 members (excludes halogenated alkanes) is 42. The molecule has 19 heteroatoms. The number of aliphatic hydroxyl groups excluding tert-OH is 1. The number of ether oxygens (including phenoxy) is 4. The smallest absolute Gasteiger partial charge is 0.462 e. The van der Waals surface area contributed by atoms with Crippen LogP contribution in [-0.4, -0.2) is 96.7 Å². The Labute approximate surface area is 594 Å². The van der Waals surface area contributed by atoms with E-state index < -0.39 is 97.5 Å². The molecule has 0 aliphatic rings. The van der Waals surface area contributed by atoms with Gasteiger partial charge < -0.3 is 33.8 Å². The fourth-order valence-corrected chi connectivity index (χ4v) is 13.5. The van der Waals surface area contributed by atoms with E-state index in [2.05, 4.69) is 48.5 Å². The molecule has 0 aliphatic carbocycles. The Kier molecular flexibility index (Phi) is 67.1. The zero-order valence-corrected chi connectivity index (χ0v) is 65.3. The molecule has 3 N–H and O–H groups in total. The van der Waals surface area contributed by atoms with E-state index in [0.29, 0.717) is 31.6 Å². The van der Waals surface area contributed by atoms with Crippen molar-refractivity contribution in [3.8, 4) is 0 Å². The number of rotatable bonds is 76. The van der Waals surface area contributed by atoms with Gasteiger partial charge in [0.2, 0.25) is 0 Å². The maximum absolute atomic E-state index is 13.1. The Balaban J connectivity index is 5.23. The van der Waals surface area contributed by atoms with Gasteiger partial charge in [-0.15, -0.1) is 0 Å². The van der Waals surface area contributed by atoms with Crippen molar-refractivity contribution < 1.29 is 80.2 Å². The lowest BCUT2D eigenvalue weighted by atomic mass is 9.99. The van der Waals surface area contributed by atoms with Crippen LogP contribution in [0.25, 0.3) is 0 Å². The van der Waals surface area contributed by atoms with Gasteiger partial charge >= 0.3 is 39.5 Å². The predicted octanol–water partition coefficient (Wildman–Crippen LogP) is 23.0. The summed E-state index contributed by atoms with van der Waals surface area (Å²) in [6, 6.07) is 0. The van der Waals surface area contributed by atoms with Crippen LogP contribution in [0.3, 0.4) is 0 Å². The molecule has 0 bridgehead atoms. The monoisotopic (exact) mass is 1420 g/mol. The van der Waals surface area contributed by atoms with E-state index in [1.807, 2.05) is 0 Å². The number of carbonyl (C=O) groups is 4. The van der Waals surface area contributed by atoms with Crippen molar-refractivity contribution in [2.45, 2.75) is 420 Å². The number of phosphoric ester groups is 2. The molecular formula is C78H152O17P2. The molecule has 97 heavy (non-hydrogen) atoms. The molecule has 576 valence electrons. The molecule has 0 fully saturated rings. The van der Waals surface area contributed by atoms with Crippen LogP contribution in [-0.2, 0) is 65.4 Å². The van der Waals surface area contributed by atoms with Crippen LogP contribution in [0.15, 0.2) is 0 Å². The summed E-state index contributed by atoms with van der Waals surface area (Å²) >= 11 is 0. The Bertz CT molecular complexity index is 1890. The Morgan fingerprint density at radius 2 is 0.526 bits per heavy atom. The summed E-state index contributed by atoms with van der Waals surface area (Å²) in [7, 11) is -9.91. The lowest BCUT2D eigenvalue weighted by molar-refractivity contribution is -0.161. The van der Waals surface area contributed by atoms with Gasteiger partial charge in [0, 0.05) is 25.7 Å². The fraction of sp³-hybridized carbons (Fsp3) is 0.949. The molecule has 0 aromatic rings. The SMILES string of the molecule is CCCCCCCCCCCCCC(=O)O[C@H](COC(=O)CCCCCCCCCC(C)C)COP(=O)(O)OC[C@H](O)COP(=O)(O)OC[C@@H](COC(=O)CCCCCCCCCCCCCCCCC(C)CC)OC(=O)CCCCCCCCCCCCCCCCC(C)CC. The molecule has 0 aliphatic heterocycles. The Morgan fingerprint density at radius 3 is 0.784 bits per heavy atom. The van der Waals surface area contributed by atoms with Gasteiger partial charge in [-0.3, -0.25) is 37.3 Å². The largest absolute Gasteiger partial charge is 0.472 e. The normalized spacial score (nSPS) is 14.6. The van der Waals surface area contributed by atoms with E-state index in [1.54, 1.807) is 0 Å². The number of hydrogen-bond donors (Lipinski definition) is 3. The first-order valence-electron chi connectivity index (χ1n) is 40.4. The summed E-state index contributed by atoms with van der Waals surface area (Å²) in [6.07, 6.45) is 55.4. The first-order chi connectivity index (χ1) is 46.8. The van der Waals surface area contributed by atoms with Gasteiger partial charge in [-0.05, 0) is 43.4 Å². The third-order valence-corrected chi connectivity index (χ3v) is 20.8. The van der Waals surface area contributed by atoms with E-state index in [4.69, 9.17) is 37.0 Å². The summed E-state index contributed by atoms with van der Waals surface area (Å²) < 4.78 is 68.6. The molecule has 0 saturated heterocycles. The van der Waals surface area contributed by atoms with Crippen LogP contribution in [0.5, 0.6) is 0 Å². The lowest BCUT2D eigenvalue weighted by Crippen LogP contribution is -2.30. The molecule has 0 amide bonds. The van der Waals surface area contributed by atoms with Gasteiger partial charge in [-0.25, -0.2) is 9.13 Å². The summed E-state index contributed by atoms with van der Waals surface area (Å²) in [6.45, 7) is 12.0. The molecule has 7 atom stereocenters. The first-order valence-corrected chi connectivity index (χ1v) is 43.4. The topological polar surface area (TPSA) is 237 Å². The van der Waals surface area contributed by atoms with Crippen molar-refractivity contribution in [3.63, 3.8) is 0 Å². The van der Waals surface area contributed by atoms with Crippen LogP contribution in [0.2, 0.25) is 0 Å². The van der Waals surface area contributed by atoms with Gasteiger partial charge in [0.15, 0.2) is 12.2 Å². The standard InChI is InChI=1S/C78H152O17P2/c1-8-11-12-13-14-15-24-32-39-47-54-61-77(82)95-74(66-89-76(81)60-53-46-41-34-35-42-49-56-69(4)5)68-93-97(86,87)91-64-72(79)63-90-96(84,85)92-67-73(94-78(83)62-55-48-40-33-28-23-19-17-21-26-30-37-44-51-58-71(7)10-3)65-88-75(80)59-52-45-38-31-27-22-18-16-20-25-29-36-43-50-57-70(6)9-2/h69-74,79H,8-68H2,1-7H3,(H,84,85)(H,86,87)/t70?,71?,72-,73-,74-/m1/s1.